The van der Waals surface area contributed by atoms with Crippen molar-refractivity contribution in [3.05, 3.63) is 58.7 Å². The number of allylic oxidation sites excluding steroid dienone is 4. The normalized spacial score (nSPS) is 10.3. The first-order valence-corrected chi connectivity index (χ1v) is 7.14. The lowest BCUT2D eigenvalue weighted by Crippen LogP contribution is -2.03. The Labute approximate surface area is 128 Å². The lowest BCUT2D eigenvalue weighted by atomic mass is 9.97. The summed E-state index contributed by atoms with van der Waals surface area (Å²) < 4.78 is 0. The van der Waals surface area contributed by atoms with Crippen molar-refractivity contribution in [3.63, 3.8) is 0 Å². The Morgan fingerprint density at radius 3 is 2.19 bits per heavy atom. The second-order valence-electron chi connectivity index (χ2n) is 4.01. The van der Waals surface area contributed by atoms with Crippen LogP contribution >= 0.6 is 0 Å². The first kappa shape index (κ1) is 21.4. The first-order valence-electron chi connectivity index (χ1n) is 7.14. The lowest BCUT2D eigenvalue weighted by molar-refractivity contribution is 0.0696. The van der Waals surface area contributed by atoms with E-state index in [0.29, 0.717) is 12.0 Å². The van der Waals surface area contributed by atoms with Gasteiger partial charge in [0.25, 0.3) is 0 Å². The van der Waals surface area contributed by atoms with Crippen LogP contribution < -0.4 is 0 Å². The molecule has 0 aliphatic carbocycles. The molecule has 0 aliphatic rings. The molecule has 0 radical (unpaired) electrons. The van der Waals surface area contributed by atoms with Crippen LogP contribution in [0.3, 0.4) is 0 Å². The molecule has 0 amide bonds. The molecule has 2 N–H and O–H groups in total. The average molecular weight is 292 g/mol. The minimum absolute atomic E-state index is 0.388. The molecule has 118 valence electrons. The Morgan fingerprint density at radius 1 is 1.19 bits per heavy atom. The highest BCUT2D eigenvalue weighted by molar-refractivity contribution is 5.89. The molecule has 0 heterocycles. The number of aromatic carboxylic acids is 1. The van der Waals surface area contributed by atoms with Crippen molar-refractivity contribution >= 4 is 5.97 Å². The fourth-order valence-corrected chi connectivity index (χ4v) is 1.77. The summed E-state index contributed by atoms with van der Waals surface area (Å²) >= 11 is 0. The molecule has 0 fully saturated rings. The highest BCUT2D eigenvalue weighted by atomic mass is 16.4. The summed E-state index contributed by atoms with van der Waals surface area (Å²) in [6, 6.07) is 5.45. The average Bonchev–Trinajstić information content (AvgIpc) is 2.50. The summed E-state index contributed by atoms with van der Waals surface area (Å²) in [5.41, 5.74) is 3.46. The monoisotopic (exact) mass is 292 g/mol. The molecule has 1 rings (SSSR count). The number of aliphatic hydroxyl groups is 1. The number of carboxylic acids is 1. The van der Waals surface area contributed by atoms with E-state index in [1.807, 2.05) is 65.0 Å². The summed E-state index contributed by atoms with van der Waals surface area (Å²) in [6.07, 6.45) is 6.64. The smallest absolute Gasteiger partial charge is 0.335 e. The van der Waals surface area contributed by atoms with Crippen LogP contribution in [0, 0.1) is 6.92 Å². The second-order valence-corrected chi connectivity index (χ2v) is 4.01. The van der Waals surface area contributed by atoms with Crippen molar-refractivity contribution in [2.24, 2.45) is 0 Å². The molecule has 0 saturated heterocycles. The van der Waals surface area contributed by atoms with Gasteiger partial charge in [0, 0.05) is 7.11 Å². The van der Waals surface area contributed by atoms with E-state index in [4.69, 9.17) is 10.2 Å². The summed E-state index contributed by atoms with van der Waals surface area (Å²) in [4.78, 5) is 11.1. The molecule has 3 heteroatoms. The van der Waals surface area contributed by atoms with Gasteiger partial charge in [-0.2, -0.15) is 0 Å². The van der Waals surface area contributed by atoms with Crippen molar-refractivity contribution in [1.82, 2.24) is 0 Å². The van der Waals surface area contributed by atoms with E-state index >= 15 is 0 Å². The topological polar surface area (TPSA) is 57.5 Å². The molecule has 0 aromatic heterocycles. The molecule has 0 bridgehead atoms. The van der Waals surface area contributed by atoms with Gasteiger partial charge in [-0.1, -0.05) is 49.8 Å². The number of aryl methyl sites for hydroxylation is 1. The van der Waals surface area contributed by atoms with Gasteiger partial charge in [-0.05, 0) is 44.4 Å². The maximum Gasteiger partial charge on any atom is 0.335 e. The predicted molar refractivity (Wildman–Crippen MR) is 89.9 cm³/mol. The number of carboxylic acid groups (broad SMARTS) is 1. The lowest BCUT2D eigenvalue weighted by Gasteiger charge is -2.08. The van der Waals surface area contributed by atoms with Crippen LogP contribution in [-0.2, 0) is 6.42 Å². The molecular weight excluding hydrogens is 264 g/mol. The van der Waals surface area contributed by atoms with Crippen LogP contribution in [0.5, 0.6) is 0 Å². The van der Waals surface area contributed by atoms with Crippen LogP contribution in [0.25, 0.3) is 0 Å². The zero-order valence-corrected chi connectivity index (χ0v) is 14.0. The molecule has 0 unspecified atom stereocenters. The minimum atomic E-state index is -0.865. The molecule has 0 aliphatic heterocycles. The van der Waals surface area contributed by atoms with E-state index in [-0.39, 0.29) is 0 Å². The SMILES string of the molecule is C/C=C\C(=C/C)Cc1cc(C)ccc1C(=O)O.CC.CO. The van der Waals surface area contributed by atoms with Gasteiger partial charge in [-0.15, -0.1) is 0 Å². The minimum Gasteiger partial charge on any atom is -0.478 e. The van der Waals surface area contributed by atoms with Gasteiger partial charge in [0.05, 0.1) is 5.56 Å². The molecule has 0 saturated carbocycles. The molecule has 0 atom stereocenters. The summed E-state index contributed by atoms with van der Waals surface area (Å²) in [6.45, 7) is 9.89. The standard InChI is InChI=1S/C15H18O2.C2H6.CH4O/c1-4-6-12(5-2)10-13-9-11(3)7-8-14(13)15(16)17;2*1-2/h4-9H,10H2,1-3H3,(H,16,17);1-2H3;2H,1H3/b6-4-,12-5+;;. The quantitative estimate of drug-likeness (QED) is 0.809. The number of hydrogen-bond acceptors (Lipinski definition) is 2. The van der Waals surface area contributed by atoms with Crippen molar-refractivity contribution in [3.8, 4) is 0 Å². The Bertz CT molecular complexity index is 471. The van der Waals surface area contributed by atoms with Crippen LogP contribution in [0.2, 0.25) is 0 Å². The molecule has 21 heavy (non-hydrogen) atoms. The third kappa shape index (κ3) is 8.10. The van der Waals surface area contributed by atoms with E-state index in [9.17, 15) is 4.79 Å². The van der Waals surface area contributed by atoms with Crippen LogP contribution in [0.15, 0.2) is 42.0 Å². The Morgan fingerprint density at radius 2 is 1.76 bits per heavy atom. The predicted octanol–water partition coefficient (Wildman–Crippen LogP) is 4.39. The van der Waals surface area contributed by atoms with Crippen molar-refractivity contribution in [2.45, 2.75) is 41.0 Å². The number of carbonyl (C=O) groups is 1. The third-order valence-corrected chi connectivity index (χ3v) is 2.64. The zero-order chi connectivity index (χ0) is 16.8. The van der Waals surface area contributed by atoms with Gasteiger partial charge in [0.2, 0.25) is 0 Å². The summed E-state index contributed by atoms with van der Waals surface area (Å²) in [5.74, 6) is -0.865. The molecule has 0 spiro atoms. The highest BCUT2D eigenvalue weighted by Crippen LogP contribution is 2.17. The summed E-state index contributed by atoms with van der Waals surface area (Å²) in [5, 5.41) is 16.1. The van der Waals surface area contributed by atoms with Crippen molar-refractivity contribution in [2.75, 3.05) is 7.11 Å². The van der Waals surface area contributed by atoms with E-state index in [1.165, 1.54) is 0 Å². The van der Waals surface area contributed by atoms with Gasteiger partial charge in [0.15, 0.2) is 0 Å². The second kappa shape index (κ2) is 13.1. The third-order valence-electron chi connectivity index (χ3n) is 2.64. The molecule has 3 nitrogen and oxygen atoms in total. The maximum absolute atomic E-state index is 11.1. The van der Waals surface area contributed by atoms with Gasteiger partial charge < -0.3 is 10.2 Å². The zero-order valence-electron chi connectivity index (χ0n) is 14.0. The van der Waals surface area contributed by atoms with Gasteiger partial charge in [0.1, 0.15) is 0 Å². The van der Waals surface area contributed by atoms with Gasteiger partial charge in [-0.3, -0.25) is 0 Å². The Kier molecular flexibility index (Phi) is 13.4. The maximum atomic E-state index is 11.1. The van der Waals surface area contributed by atoms with E-state index in [1.54, 1.807) is 6.07 Å². The fourth-order valence-electron chi connectivity index (χ4n) is 1.77. The summed E-state index contributed by atoms with van der Waals surface area (Å²) in [7, 11) is 1.00. The molecule has 1 aromatic carbocycles. The highest BCUT2D eigenvalue weighted by Gasteiger charge is 2.10. The van der Waals surface area contributed by atoms with E-state index in [0.717, 1.165) is 23.8 Å². The van der Waals surface area contributed by atoms with E-state index in [2.05, 4.69) is 0 Å². The van der Waals surface area contributed by atoms with Gasteiger partial charge in [-0.25, -0.2) is 4.79 Å². The largest absolute Gasteiger partial charge is 0.478 e. The van der Waals surface area contributed by atoms with Crippen LogP contribution in [-0.4, -0.2) is 23.3 Å². The van der Waals surface area contributed by atoms with Crippen LogP contribution in [0.1, 0.15) is 49.2 Å². The van der Waals surface area contributed by atoms with Crippen LogP contribution in [0.4, 0.5) is 0 Å². The number of rotatable bonds is 4. The first-order chi connectivity index (χ1) is 10.1. The fraction of sp³-hybridized carbons (Fsp3) is 0.389. The van der Waals surface area contributed by atoms with Crippen molar-refractivity contribution in [1.29, 1.82) is 0 Å². The van der Waals surface area contributed by atoms with E-state index < -0.39 is 5.97 Å². The number of benzene rings is 1. The van der Waals surface area contributed by atoms with Gasteiger partial charge >= 0.3 is 5.97 Å². The molecule has 1 aromatic rings. The number of aliphatic hydroxyl groups excluding tert-OH is 1. The van der Waals surface area contributed by atoms with Crippen molar-refractivity contribution < 1.29 is 15.0 Å². The molecular formula is C18H28O3. The Balaban J connectivity index is 0. The number of hydrogen-bond donors (Lipinski definition) is 2. The Hall–Kier alpha value is -1.87.